The highest BCUT2D eigenvalue weighted by molar-refractivity contribution is 5.86. The van der Waals surface area contributed by atoms with Crippen molar-refractivity contribution in [2.75, 3.05) is 0 Å². The van der Waals surface area contributed by atoms with Gasteiger partial charge in [0.25, 0.3) is 0 Å². The molecule has 0 bridgehead atoms. The summed E-state index contributed by atoms with van der Waals surface area (Å²) in [7, 11) is 0. The van der Waals surface area contributed by atoms with Gasteiger partial charge in [-0.2, -0.15) is 0 Å². The molecule has 2 unspecified atom stereocenters. The van der Waals surface area contributed by atoms with Crippen LogP contribution in [0, 0.1) is 17.3 Å². The zero-order chi connectivity index (χ0) is 15.6. The van der Waals surface area contributed by atoms with Crippen molar-refractivity contribution >= 4 is 11.9 Å². The molecule has 1 aromatic rings. The molecule has 2 rings (SSSR count). The summed E-state index contributed by atoms with van der Waals surface area (Å²) in [4.78, 5) is 23.0. The number of hydrogen-bond donors (Lipinski definition) is 1. The Morgan fingerprint density at radius 1 is 1.29 bits per heavy atom. The van der Waals surface area contributed by atoms with Gasteiger partial charge in [0.15, 0.2) is 0 Å². The molecule has 0 amide bonds. The van der Waals surface area contributed by atoms with Gasteiger partial charge in [0.05, 0.1) is 5.92 Å². The van der Waals surface area contributed by atoms with Crippen molar-refractivity contribution in [3.05, 3.63) is 47.5 Å². The van der Waals surface area contributed by atoms with E-state index in [4.69, 9.17) is 9.84 Å². The summed E-state index contributed by atoms with van der Waals surface area (Å²) in [5.41, 5.74) is 0.967. The van der Waals surface area contributed by atoms with Crippen LogP contribution in [0.5, 0.6) is 0 Å². The molecule has 112 valence electrons. The van der Waals surface area contributed by atoms with E-state index in [0.29, 0.717) is 0 Å². The molecule has 1 aromatic carbocycles. The number of esters is 1. The molecule has 1 aliphatic carbocycles. The molecule has 1 aliphatic rings. The first kappa shape index (κ1) is 15.3. The standard InChI is InChI=1S/C17H20O4/c1-11(15(18)19)9-13-14(17(13,2)3)16(20)21-10-12-7-5-4-6-8-12/h4-9,13-14H,10H2,1-3H3,(H,18,19)/b11-9+. The van der Waals surface area contributed by atoms with Gasteiger partial charge in [-0.25, -0.2) is 4.79 Å². The second kappa shape index (κ2) is 5.72. The Morgan fingerprint density at radius 3 is 2.48 bits per heavy atom. The van der Waals surface area contributed by atoms with Crippen molar-refractivity contribution in [3.63, 3.8) is 0 Å². The van der Waals surface area contributed by atoms with E-state index in [-0.39, 0.29) is 35.4 Å². The molecular formula is C17H20O4. The highest BCUT2D eigenvalue weighted by Gasteiger charge is 2.61. The molecule has 2 atom stereocenters. The van der Waals surface area contributed by atoms with Crippen LogP contribution in [0.1, 0.15) is 26.3 Å². The van der Waals surface area contributed by atoms with Gasteiger partial charge in [-0.1, -0.05) is 50.3 Å². The normalized spacial score (nSPS) is 23.5. The molecule has 1 saturated carbocycles. The van der Waals surface area contributed by atoms with E-state index in [0.717, 1.165) is 5.56 Å². The zero-order valence-corrected chi connectivity index (χ0v) is 12.5. The first-order valence-electron chi connectivity index (χ1n) is 6.96. The number of carboxylic acids is 1. The smallest absolute Gasteiger partial charge is 0.330 e. The van der Waals surface area contributed by atoms with Crippen LogP contribution in [-0.4, -0.2) is 17.0 Å². The van der Waals surface area contributed by atoms with Crippen LogP contribution in [0.3, 0.4) is 0 Å². The van der Waals surface area contributed by atoms with Crippen LogP contribution in [0.25, 0.3) is 0 Å². The Balaban J connectivity index is 1.97. The summed E-state index contributed by atoms with van der Waals surface area (Å²) in [5.74, 6) is -1.55. The van der Waals surface area contributed by atoms with Gasteiger partial charge >= 0.3 is 11.9 Å². The minimum absolute atomic E-state index is 0.0723. The number of rotatable bonds is 5. The van der Waals surface area contributed by atoms with Crippen molar-refractivity contribution < 1.29 is 19.4 Å². The second-order valence-electron chi connectivity index (χ2n) is 6.07. The number of carbonyl (C=O) groups is 2. The Morgan fingerprint density at radius 2 is 1.90 bits per heavy atom. The van der Waals surface area contributed by atoms with Crippen LogP contribution in [0.15, 0.2) is 42.0 Å². The Hall–Kier alpha value is -2.10. The third-order valence-corrected chi connectivity index (χ3v) is 4.16. The molecule has 0 radical (unpaired) electrons. The third kappa shape index (κ3) is 3.32. The molecule has 0 aromatic heterocycles. The molecule has 21 heavy (non-hydrogen) atoms. The van der Waals surface area contributed by atoms with Crippen molar-refractivity contribution in [1.29, 1.82) is 0 Å². The van der Waals surface area contributed by atoms with Crippen molar-refractivity contribution in [3.8, 4) is 0 Å². The van der Waals surface area contributed by atoms with Crippen molar-refractivity contribution in [1.82, 2.24) is 0 Å². The number of benzene rings is 1. The summed E-state index contributed by atoms with van der Waals surface area (Å²) in [5, 5.41) is 8.92. The number of allylic oxidation sites excluding steroid dienone is 1. The van der Waals surface area contributed by atoms with Crippen LogP contribution in [-0.2, 0) is 20.9 Å². The zero-order valence-electron chi connectivity index (χ0n) is 12.5. The Bertz CT molecular complexity index is 572. The molecule has 1 fully saturated rings. The number of carboxylic acid groups (broad SMARTS) is 1. The minimum atomic E-state index is -0.950. The van der Waals surface area contributed by atoms with Crippen LogP contribution in [0.2, 0.25) is 0 Å². The predicted molar refractivity (Wildman–Crippen MR) is 78.4 cm³/mol. The van der Waals surface area contributed by atoms with Gasteiger partial charge < -0.3 is 9.84 Å². The van der Waals surface area contributed by atoms with Gasteiger partial charge in [0.2, 0.25) is 0 Å². The highest BCUT2D eigenvalue weighted by Crippen LogP contribution is 2.59. The summed E-state index contributed by atoms with van der Waals surface area (Å²) in [6.07, 6.45) is 1.66. The molecule has 4 heteroatoms. The van der Waals surface area contributed by atoms with E-state index in [2.05, 4.69) is 0 Å². The van der Waals surface area contributed by atoms with Crippen LogP contribution in [0.4, 0.5) is 0 Å². The monoisotopic (exact) mass is 288 g/mol. The molecule has 0 saturated heterocycles. The summed E-state index contributed by atoms with van der Waals surface area (Å²) >= 11 is 0. The quantitative estimate of drug-likeness (QED) is 0.668. The lowest BCUT2D eigenvalue weighted by atomic mass is 10.1. The lowest BCUT2D eigenvalue weighted by molar-refractivity contribution is -0.147. The average molecular weight is 288 g/mol. The largest absolute Gasteiger partial charge is 0.478 e. The molecule has 1 N–H and O–H groups in total. The fourth-order valence-electron chi connectivity index (χ4n) is 2.60. The first-order chi connectivity index (χ1) is 9.84. The number of carbonyl (C=O) groups excluding carboxylic acids is 1. The van der Waals surface area contributed by atoms with Gasteiger partial charge in [-0.15, -0.1) is 0 Å². The maximum absolute atomic E-state index is 12.2. The van der Waals surface area contributed by atoms with E-state index < -0.39 is 5.97 Å². The maximum atomic E-state index is 12.2. The van der Waals surface area contributed by atoms with Crippen LogP contribution < -0.4 is 0 Å². The van der Waals surface area contributed by atoms with Crippen molar-refractivity contribution in [2.45, 2.75) is 27.4 Å². The van der Waals surface area contributed by atoms with Gasteiger partial charge in [-0.3, -0.25) is 4.79 Å². The Labute approximate surface area is 124 Å². The van der Waals surface area contributed by atoms with E-state index >= 15 is 0 Å². The van der Waals surface area contributed by atoms with E-state index in [1.807, 2.05) is 44.2 Å². The lowest BCUT2D eigenvalue weighted by Crippen LogP contribution is -2.10. The molecule has 0 aliphatic heterocycles. The summed E-state index contributed by atoms with van der Waals surface area (Å²) in [6.45, 7) is 5.71. The molecular weight excluding hydrogens is 268 g/mol. The molecule has 0 heterocycles. The number of aliphatic carboxylic acids is 1. The van der Waals surface area contributed by atoms with Gasteiger partial charge in [0.1, 0.15) is 6.61 Å². The van der Waals surface area contributed by atoms with Crippen molar-refractivity contribution in [2.24, 2.45) is 17.3 Å². The number of ether oxygens (including phenoxy) is 1. The average Bonchev–Trinajstić information content (AvgIpc) is 2.98. The van der Waals surface area contributed by atoms with Gasteiger partial charge in [0, 0.05) is 5.57 Å². The number of hydrogen-bond acceptors (Lipinski definition) is 3. The van der Waals surface area contributed by atoms with E-state index in [9.17, 15) is 9.59 Å². The third-order valence-electron chi connectivity index (χ3n) is 4.16. The van der Waals surface area contributed by atoms with E-state index in [1.165, 1.54) is 0 Å². The van der Waals surface area contributed by atoms with Crippen LogP contribution >= 0.6 is 0 Å². The second-order valence-corrected chi connectivity index (χ2v) is 6.07. The SMILES string of the molecule is C/C(=C\C1C(C(=O)OCc2ccccc2)C1(C)C)C(=O)O. The highest BCUT2D eigenvalue weighted by atomic mass is 16.5. The molecule has 4 nitrogen and oxygen atoms in total. The summed E-state index contributed by atoms with van der Waals surface area (Å²) in [6, 6.07) is 9.50. The van der Waals surface area contributed by atoms with Gasteiger partial charge in [-0.05, 0) is 23.8 Å². The fraction of sp³-hybridized carbons (Fsp3) is 0.412. The predicted octanol–water partition coefficient (Wildman–Crippen LogP) is 3.03. The Kier molecular flexibility index (Phi) is 4.16. The maximum Gasteiger partial charge on any atom is 0.330 e. The lowest BCUT2D eigenvalue weighted by Gasteiger charge is -2.05. The summed E-state index contributed by atoms with van der Waals surface area (Å²) < 4.78 is 5.34. The minimum Gasteiger partial charge on any atom is -0.478 e. The van der Waals surface area contributed by atoms with E-state index in [1.54, 1.807) is 13.0 Å². The molecule has 0 spiro atoms. The topological polar surface area (TPSA) is 63.6 Å². The fourth-order valence-corrected chi connectivity index (χ4v) is 2.60. The first-order valence-corrected chi connectivity index (χ1v) is 6.96.